The number of hydrogen-bond donors (Lipinski definition) is 2. The van der Waals surface area contributed by atoms with E-state index in [2.05, 4.69) is 27.8 Å². The van der Waals surface area contributed by atoms with Gasteiger partial charge in [0.05, 0.1) is 6.54 Å². The fraction of sp³-hybridized carbons (Fsp3) is 0.435. The van der Waals surface area contributed by atoms with Gasteiger partial charge in [0.2, 0.25) is 6.79 Å². The summed E-state index contributed by atoms with van der Waals surface area (Å²) in [5, 5.41) is 6.83. The number of ether oxygens (including phenoxy) is 4. The molecule has 8 heteroatoms. The molecular weight excluding hydrogens is 509 g/mol. The van der Waals surface area contributed by atoms with Crippen molar-refractivity contribution in [3.05, 3.63) is 54.1 Å². The third-order valence-electron chi connectivity index (χ3n) is 5.66. The molecule has 1 saturated heterocycles. The Morgan fingerprint density at radius 2 is 1.81 bits per heavy atom. The highest BCUT2D eigenvalue weighted by Crippen LogP contribution is 2.40. The summed E-state index contributed by atoms with van der Waals surface area (Å²) >= 11 is 0. The minimum absolute atomic E-state index is 0. The molecule has 31 heavy (non-hydrogen) atoms. The van der Waals surface area contributed by atoms with Gasteiger partial charge in [-0.15, -0.1) is 24.0 Å². The van der Waals surface area contributed by atoms with Gasteiger partial charge in [0.1, 0.15) is 12.4 Å². The van der Waals surface area contributed by atoms with Crippen LogP contribution in [0.4, 0.5) is 0 Å². The zero-order valence-electron chi connectivity index (χ0n) is 17.8. The van der Waals surface area contributed by atoms with Gasteiger partial charge in [0.25, 0.3) is 0 Å². The molecule has 2 N–H and O–H groups in total. The molecule has 0 amide bonds. The molecule has 0 saturated carbocycles. The van der Waals surface area contributed by atoms with Gasteiger partial charge < -0.3 is 29.6 Å². The van der Waals surface area contributed by atoms with E-state index in [1.807, 2.05) is 36.4 Å². The van der Waals surface area contributed by atoms with Crippen LogP contribution in [0.3, 0.4) is 0 Å². The molecule has 2 aromatic carbocycles. The van der Waals surface area contributed by atoms with Crippen molar-refractivity contribution < 1.29 is 18.9 Å². The maximum absolute atomic E-state index is 5.74. The highest BCUT2D eigenvalue weighted by molar-refractivity contribution is 14.0. The summed E-state index contributed by atoms with van der Waals surface area (Å²) < 4.78 is 22.5. The monoisotopic (exact) mass is 539 g/mol. The van der Waals surface area contributed by atoms with E-state index >= 15 is 0 Å². The number of halogens is 1. The molecule has 0 aliphatic carbocycles. The van der Waals surface area contributed by atoms with E-state index in [1.165, 1.54) is 5.56 Å². The zero-order chi connectivity index (χ0) is 20.7. The Labute approximate surface area is 200 Å². The molecule has 4 rings (SSSR count). The summed E-state index contributed by atoms with van der Waals surface area (Å²) in [5.41, 5.74) is 1.20. The number of para-hydroxylation sites is 1. The largest absolute Gasteiger partial charge is 0.492 e. The fourth-order valence-corrected chi connectivity index (χ4v) is 3.88. The van der Waals surface area contributed by atoms with Crippen LogP contribution in [0.15, 0.2) is 53.5 Å². The number of fused-ring (bicyclic) bond motifs is 1. The maximum Gasteiger partial charge on any atom is 0.231 e. The Morgan fingerprint density at radius 1 is 1.03 bits per heavy atom. The van der Waals surface area contributed by atoms with E-state index in [4.69, 9.17) is 18.9 Å². The quantitative estimate of drug-likeness (QED) is 0.244. The van der Waals surface area contributed by atoms with Crippen LogP contribution in [0, 0.1) is 0 Å². The molecule has 2 aliphatic rings. The third kappa shape index (κ3) is 5.94. The van der Waals surface area contributed by atoms with Crippen molar-refractivity contribution >= 4 is 29.9 Å². The molecule has 168 valence electrons. The zero-order valence-corrected chi connectivity index (χ0v) is 20.1. The first-order chi connectivity index (χ1) is 14.8. The van der Waals surface area contributed by atoms with Crippen molar-refractivity contribution in [3.63, 3.8) is 0 Å². The molecule has 0 aromatic heterocycles. The van der Waals surface area contributed by atoms with Gasteiger partial charge >= 0.3 is 0 Å². The predicted octanol–water partition coefficient (Wildman–Crippen LogP) is 3.33. The van der Waals surface area contributed by atoms with E-state index in [0.29, 0.717) is 13.2 Å². The van der Waals surface area contributed by atoms with Gasteiger partial charge in [-0.05, 0) is 42.7 Å². The number of guanidine groups is 1. The summed E-state index contributed by atoms with van der Waals surface area (Å²) in [7, 11) is 1.78. The Hall–Kier alpha value is -2.20. The van der Waals surface area contributed by atoms with Gasteiger partial charge in [-0.1, -0.05) is 24.3 Å². The molecule has 0 bridgehead atoms. The SMILES string of the molecule is CN=C(NCCOc1ccccc1)NCC1(c2ccc3c(c2)OCO3)CCOCC1.I. The highest BCUT2D eigenvalue weighted by Gasteiger charge is 2.35. The number of hydrogen-bond acceptors (Lipinski definition) is 5. The summed E-state index contributed by atoms with van der Waals surface area (Å²) in [6.07, 6.45) is 1.88. The van der Waals surface area contributed by atoms with Gasteiger partial charge in [0, 0.05) is 32.2 Å². The van der Waals surface area contributed by atoms with Crippen LogP contribution in [0.2, 0.25) is 0 Å². The number of aliphatic imine (C=N–C) groups is 1. The van der Waals surface area contributed by atoms with Crippen molar-refractivity contribution in [2.24, 2.45) is 4.99 Å². The van der Waals surface area contributed by atoms with E-state index in [0.717, 1.165) is 55.8 Å². The topological polar surface area (TPSA) is 73.3 Å². The molecule has 2 aromatic rings. The molecule has 2 aliphatic heterocycles. The van der Waals surface area contributed by atoms with Crippen LogP contribution >= 0.6 is 24.0 Å². The highest BCUT2D eigenvalue weighted by atomic mass is 127. The second kappa shape index (κ2) is 11.4. The van der Waals surface area contributed by atoms with Crippen molar-refractivity contribution in [1.82, 2.24) is 10.6 Å². The second-order valence-electron chi connectivity index (χ2n) is 7.47. The van der Waals surface area contributed by atoms with E-state index in [1.54, 1.807) is 7.05 Å². The molecule has 7 nitrogen and oxygen atoms in total. The Bertz CT molecular complexity index is 857. The van der Waals surface area contributed by atoms with Crippen LogP contribution in [0.5, 0.6) is 17.2 Å². The number of benzene rings is 2. The summed E-state index contributed by atoms with van der Waals surface area (Å²) in [6, 6.07) is 16.1. The number of nitrogens with one attached hydrogen (secondary N) is 2. The number of rotatable bonds is 7. The first kappa shape index (κ1) is 23.5. The van der Waals surface area contributed by atoms with E-state index in [-0.39, 0.29) is 36.2 Å². The first-order valence-electron chi connectivity index (χ1n) is 10.4. The molecule has 1 fully saturated rings. The second-order valence-corrected chi connectivity index (χ2v) is 7.47. The minimum atomic E-state index is -0.0443. The lowest BCUT2D eigenvalue weighted by Gasteiger charge is -2.38. The van der Waals surface area contributed by atoms with E-state index < -0.39 is 0 Å². The van der Waals surface area contributed by atoms with Crippen molar-refractivity contribution in [3.8, 4) is 17.2 Å². The van der Waals surface area contributed by atoms with Crippen LogP contribution < -0.4 is 24.8 Å². The van der Waals surface area contributed by atoms with E-state index in [9.17, 15) is 0 Å². The summed E-state index contributed by atoms with van der Waals surface area (Å²) in [4.78, 5) is 4.36. The van der Waals surface area contributed by atoms with Crippen LogP contribution in [-0.2, 0) is 10.2 Å². The third-order valence-corrected chi connectivity index (χ3v) is 5.66. The Kier molecular flexibility index (Phi) is 8.65. The lowest BCUT2D eigenvalue weighted by Crippen LogP contribution is -2.48. The summed E-state index contributed by atoms with van der Waals surface area (Å²) in [5.74, 6) is 3.26. The standard InChI is InChI=1S/C23H29N3O4.HI/c1-24-22(25-11-14-28-19-5-3-2-4-6-19)26-16-23(9-12-27-13-10-23)18-7-8-20-21(15-18)30-17-29-20;/h2-8,15H,9-14,16-17H2,1H3,(H2,24,25,26);1H. The Morgan fingerprint density at radius 3 is 2.58 bits per heavy atom. The van der Waals surface area contributed by atoms with Crippen molar-refractivity contribution in [1.29, 1.82) is 0 Å². The lowest BCUT2D eigenvalue weighted by atomic mass is 9.74. The Balaban J connectivity index is 0.00000272. The minimum Gasteiger partial charge on any atom is -0.492 e. The molecule has 0 atom stereocenters. The molecule has 0 radical (unpaired) electrons. The number of nitrogens with zero attached hydrogens (tertiary/aromatic N) is 1. The van der Waals surface area contributed by atoms with Crippen molar-refractivity contribution in [2.75, 3.05) is 46.8 Å². The molecule has 2 heterocycles. The first-order valence-corrected chi connectivity index (χ1v) is 10.4. The van der Waals surface area contributed by atoms with Crippen LogP contribution in [0.1, 0.15) is 18.4 Å². The molecule has 0 spiro atoms. The molecule has 0 unspecified atom stereocenters. The van der Waals surface area contributed by atoms with Gasteiger partial charge in [-0.25, -0.2) is 0 Å². The normalized spacial score (nSPS) is 16.9. The average Bonchev–Trinajstić information content (AvgIpc) is 3.28. The fourth-order valence-electron chi connectivity index (χ4n) is 3.88. The smallest absolute Gasteiger partial charge is 0.231 e. The van der Waals surface area contributed by atoms with Crippen LogP contribution in [0.25, 0.3) is 0 Å². The predicted molar refractivity (Wildman–Crippen MR) is 131 cm³/mol. The lowest BCUT2D eigenvalue weighted by molar-refractivity contribution is 0.0513. The summed E-state index contributed by atoms with van der Waals surface area (Å²) in [6.45, 7) is 3.75. The van der Waals surface area contributed by atoms with Crippen molar-refractivity contribution in [2.45, 2.75) is 18.3 Å². The average molecular weight is 539 g/mol. The van der Waals surface area contributed by atoms with Gasteiger partial charge in [-0.2, -0.15) is 0 Å². The maximum atomic E-state index is 5.74. The van der Waals surface area contributed by atoms with Gasteiger partial charge in [0.15, 0.2) is 17.5 Å². The molecular formula is C23H30IN3O4. The van der Waals surface area contributed by atoms with Gasteiger partial charge in [-0.3, -0.25) is 4.99 Å². The van der Waals surface area contributed by atoms with Crippen LogP contribution in [-0.4, -0.2) is 52.7 Å².